The van der Waals surface area contributed by atoms with Crippen molar-refractivity contribution < 1.29 is 13.9 Å². The van der Waals surface area contributed by atoms with E-state index in [0.717, 1.165) is 0 Å². The maximum absolute atomic E-state index is 13.1. The number of aliphatic hydroxyl groups is 1. The highest BCUT2D eigenvalue weighted by Crippen LogP contribution is 2.27. The van der Waals surface area contributed by atoms with Crippen molar-refractivity contribution in [1.29, 1.82) is 0 Å². The van der Waals surface area contributed by atoms with Crippen molar-refractivity contribution in [2.45, 2.75) is 13.3 Å². The van der Waals surface area contributed by atoms with Crippen LogP contribution in [-0.2, 0) is 13.3 Å². The SMILES string of the molecule is OCc1cccc(-c2cccc(F)c2)c1CF. The van der Waals surface area contributed by atoms with Gasteiger partial charge in [0.2, 0.25) is 0 Å². The van der Waals surface area contributed by atoms with Crippen LogP contribution in [0, 0.1) is 5.82 Å². The van der Waals surface area contributed by atoms with Gasteiger partial charge in [-0.05, 0) is 34.4 Å². The minimum Gasteiger partial charge on any atom is -0.392 e. The molecule has 0 aliphatic rings. The summed E-state index contributed by atoms with van der Waals surface area (Å²) in [7, 11) is 0. The lowest BCUT2D eigenvalue weighted by Crippen LogP contribution is -1.95. The van der Waals surface area contributed by atoms with Gasteiger partial charge in [0.15, 0.2) is 0 Å². The van der Waals surface area contributed by atoms with Gasteiger partial charge in [-0.1, -0.05) is 30.3 Å². The third-order valence-electron chi connectivity index (χ3n) is 2.71. The maximum Gasteiger partial charge on any atom is 0.123 e. The van der Waals surface area contributed by atoms with E-state index in [9.17, 15) is 8.78 Å². The Bertz CT molecular complexity index is 523. The molecule has 0 aliphatic heterocycles. The largest absolute Gasteiger partial charge is 0.392 e. The van der Waals surface area contributed by atoms with E-state index in [1.807, 2.05) is 0 Å². The van der Waals surface area contributed by atoms with Crippen LogP contribution in [0.15, 0.2) is 42.5 Å². The summed E-state index contributed by atoms with van der Waals surface area (Å²) >= 11 is 0. The van der Waals surface area contributed by atoms with Crippen molar-refractivity contribution >= 4 is 0 Å². The molecule has 0 unspecified atom stereocenters. The zero-order valence-electron chi connectivity index (χ0n) is 9.16. The monoisotopic (exact) mass is 234 g/mol. The molecule has 0 aromatic heterocycles. The first kappa shape index (κ1) is 11.7. The van der Waals surface area contributed by atoms with E-state index in [-0.39, 0.29) is 12.4 Å². The molecule has 0 radical (unpaired) electrons. The molecule has 2 rings (SSSR count). The molecule has 2 aromatic rings. The van der Waals surface area contributed by atoms with Crippen LogP contribution in [0.2, 0.25) is 0 Å². The summed E-state index contributed by atoms with van der Waals surface area (Å²) in [5.74, 6) is -0.360. The summed E-state index contributed by atoms with van der Waals surface area (Å²) in [5.41, 5.74) is 2.20. The van der Waals surface area contributed by atoms with Gasteiger partial charge in [-0.2, -0.15) is 0 Å². The zero-order chi connectivity index (χ0) is 12.3. The first-order chi connectivity index (χ1) is 8.26. The molecule has 0 atom stereocenters. The number of hydrogen-bond acceptors (Lipinski definition) is 1. The van der Waals surface area contributed by atoms with E-state index in [0.29, 0.717) is 22.3 Å². The molecule has 0 aliphatic carbocycles. The molecule has 88 valence electrons. The van der Waals surface area contributed by atoms with Crippen LogP contribution in [0.25, 0.3) is 11.1 Å². The van der Waals surface area contributed by atoms with Gasteiger partial charge < -0.3 is 5.11 Å². The average Bonchev–Trinajstić information content (AvgIpc) is 2.37. The van der Waals surface area contributed by atoms with E-state index in [1.54, 1.807) is 30.3 Å². The van der Waals surface area contributed by atoms with E-state index in [1.165, 1.54) is 12.1 Å². The second-order valence-electron chi connectivity index (χ2n) is 3.75. The molecule has 0 saturated heterocycles. The second kappa shape index (κ2) is 5.06. The number of aliphatic hydroxyl groups excluding tert-OH is 1. The van der Waals surface area contributed by atoms with Crippen molar-refractivity contribution in [2.75, 3.05) is 0 Å². The van der Waals surface area contributed by atoms with Gasteiger partial charge in [-0.25, -0.2) is 8.78 Å². The predicted octanol–water partition coefficient (Wildman–Crippen LogP) is 3.45. The fraction of sp³-hybridized carbons (Fsp3) is 0.143. The number of alkyl halides is 1. The standard InChI is InChI=1S/C14H12F2O/c15-8-14-11(9-17)4-2-6-13(14)10-3-1-5-12(16)7-10/h1-7,17H,8-9H2. The normalized spacial score (nSPS) is 10.5. The Morgan fingerprint density at radius 1 is 1.06 bits per heavy atom. The molecule has 0 bridgehead atoms. The molecule has 3 heteroatoms. The number of rotatable bonds is 3. The zero-order valence-corrected chi connectivity index (χ0v) is 9.16. The summed E-state index contributed by atoms with van der Waals surface area (Å²) < 4.78 is 26.1. The highest BCUT2D eigenvalue weighted by Gasteiger charge is 2.09. The van der Waals surface area contributed by atoms with Crippen LogP contribution < -0.4 is 0 Å². The van der Waals surface area contributed by atoms with Crippen molar-refractivity contribution in [3.63, 3.8) is 0 Å². The second-order valence-corrected chi connectivity index (χ2v) is 3.75. The predicted molar refractivity (Wildman–Crippen MR) is 62.6 cm³/mol. The summed E-state index contributed by atoms with van der Waals surface area (Å²) in [4.78, 5) is 0. The van der Waals surface area contributed by atoms with Crippen LogP contribution in [0.5, 0.6) is 0 Å². The van der Waals surface area contributed by atoms with Gasteiger partial charge in [-0.3, -0.25) is 0 Å². The fourth-order valence-electron chi connectivity index (χ4n) is 1.87. The molecule has 2 aromatic carbocycles. The number of halogens is 2. The lowest BCUT2D eigenvalue weighted by molar-refractivity contribution is 0.279. The van der Waals surface area contributed by atoms with Gasteiger partial charge in [0.25, 0.3) is 0 Å². The average molecular weight is 234 g/mol. The molecule has 0 amide bonds. The first-order valence-corrected chi connectivity index (χ1v) is 5.29. The van der Waals surface area contributed by atoms with Crippen LogP contribution in [0.1, 0.15) is 11.1 Å². The molecule has 0 saturated carbocycles. The van der Waals surface area contributed by atoms with Crippen molar-refractivity contribution in [1.82, 2.24) is 0 Å². The Hall–Kier alpha value is -1.74. The van der Waals surface area contributed by atoms with Crippen molar-refractivity contribution in [3.05, 3.63) is 59.4 Å². The van der Waals surface area contributed by atoms with Crippen LogP contribution >= 0.6 is 0 Å². The van der Waals surface area contributed by atoms with E-state index < -0.39 is 6.67 Å². The fourth-order valence-corrected chi connectivity index (χ4v) is 1.87. The third kappa shape index (κ3) is 2.34. The highest BCUT2D eigenvalue weighted by atomic mass is 19.1. The molecular weight excluding hydrogens is 222 g/mol. The first-order valence-electron chi connectivity index (χ1n) is 5.29. The van der Waals surface area contributed by atoms with Gasteiger partial charge in [0.05, 0.1) is 6.61 Å². The Kier molecular flexibility index (Phi) is 3.49. The van der Waals surface area contributed by atoms with E-state index in [2.05, 4.69) is 0 Å². The third-order valence-corrected chi connectivity index (χ3v) is 2.71. The minimum atomic E-state index is -0.678. The Balaban J connectivity index is 2.59. The summed E-state index contributed by atoms with van der Waals surface area (Å²) in [5, 5.41) is 9.13. The molecule has 0 fully saturated rings. The topological polar surface area (TPSA) is 20.2 Å². The van der Waals surface area contributed by atoms with Crippen LogP contribution in [0.3, 0.4) is 0 Å². The highest BCUT2D eigenvalue weighted by molar-refractivity contribution is 5.68. The van der Waals surface area contributed by atoms with Crippen molar-refractivity contribution in [2.24, 2.45) is 0 Å². The molecule has 17 heavy (non-hydrogen) atoms. The van der Waals surface area contributed by atoms with Crippen LogP contribution in [-0.4, -0.2) is 5.11 Å². The lowest BCUT2D eigenvalue weighted by atomic mass is 9.96. The van der Waals surface area contributed by atoms with Gasteiger partial charge in [0.1, 0.15) is 12.5 Å². The molecule has 1 N–H and O–H groups in total. The van der Waals surface area contributed by atoms with Crippen LogP contribution in [0.4, 0.5) is 8.78 Å². The summed E-state index contributed by atoms with van der Waals surface area (Å²) in [6.07, 6.45) is 0. The van der Waals surface area contributed by atoms with Gasteiger partial charge in [-0.15, -0.1) is 0 Å². The summed E-state index contributed by atoms with van der Waals surface area (Å²) in [6, 6.07) is 11.1. The summed E-state index contributed by atoms with van der Waals surface area (Å²) in [6.45, 7) is -0.898. The molecule has 0 heterocycles. The van der Waals surface area contributed by atoms with Gasteiger partial charge >= 0.3 is 0 Å². The smallest absolute Gasteiger partial charge is 0.123 e. The van der Waals surface area contributed by atoms with Crippen molar-refractivity contribution in [3.8, 4) is 11.1 Å². The Labute approximate surface area is 98.3 Å². The Morgan fingerprint density at radius 3 is 2.47 bits per heavy atom. The van der Waals surface area contributed by atoms with Gasteiger partial charge in [0, 0.05) is 0 Å². The minimum absolute atomic E-state index is 0.220. The molecule has 1 nitrogen and oxygen atoms in total. The number of hydrogen-bond donors (Lipinski definition) is 1. The number of benzene rings is 2. The Morgan fingerprint density at radius 2 is 1.82 bits per heavy atom. The quantitative estimate of drug-likeness (QED) is 0.862. The lowest BCUT2D eigenvalue weighted by Gasteiger charge is -2.11. The maximum atomic E-state index is 13.1. The van der Waals surface area contributed by atoms with E-state index in [4.69, 9.17) is 5.11 Å². The molecular formula is C14H12F2O. The molecule has 0 spiro atoms. The van der Waals surface area contributed by atoms with E-state index >= 15 is 0 Å².